The van der Waals surface area contributed by atoms with Crippen LogP contribution in [0.3, 0.4) is 0 Å². The van der Waals surface area contributed by atoms with Crippen LogP contribution >= 0.6 is 11.3 Å². The van der Waals surface area contributed by atoms with E-state index in [2.05, 4.69) is 33.7 Å². The number of hydrogen-bond donors (Lipinski definition) is 2. The number of aromatic nitrogens is 2. The third-order valence-electron chi connectivity index (χ3n) is 2.56. The molecule has 1 unspecified atom stereocenters. The van der Waals surface area contributed by atoms with Crippen molar-refractivity contribution in [3.8, 4) is 0 Å². The first kappa shape index (κ1) is 13.8. The van der Waals surface area contributed by atoms with E-state index in [-0.39, 0.29) is 6.04 Å². The Morgan fingerprint density at radius 1 is 1.47 bits per heavy atom. The Hall–Kier alpha value is -1.66. The molecule has 1 atom stereocenters. The van der Waals surface area contributed by atoms with Gasteiger partial charge < -0.3 is 15.8 Å². The highest BCUT2D eigenvalue weighted by molar-refractivity contribution is 7.10. The normalized spacial score (nSPS) is 12.3. The van der Waals surface area contributed by atoms with E-state index in [1.165, 1.54) is 4.88 Å². The standard InChI is InChI=1S/C13H18N4OS/c1-3-18-8-13-16-11(14)7-12(17-13)15-9(2)10-5-4-6-19-10/h4-7,9H,3,8H2,1-2H3,(H3,14,15,16,17). The van der Waals surface area contributed by atoms with Crippen molar-refractivity contribution in [3.63, 3.8) is 0 Å². The highest BCUT2D eigenvalue weighted by Crippen LogP contribution is 2.22. The number of anilines is 2. The lowest BCUT2D eigenvalue weighted by atomic mass is 10.3. The summed E-state index contributed by atoms with van der Waals surface area (Å²) in [5.74, 6) is 1.77. The van der Waals surface area contributed by atoms with Gasteiger partial charge in [-0.3, -0.25) is 0 Å². The summed E-state index contributed by atoms with van der Waals surface area (Å²) in [7, 11) is 0. The number of thiophene rings is 1. The molecule has 3 N–H and O–H groups in total. The molecule has 0 saturated carbocycles. The van der Waals surface area contributed by atoms with Gasteiger partial charge in [0.25, 0.3) is 0 Å². The van der Waals surface area contributed by atoms with E-state index in [0.29, 0.717) is 24.9 Å². The number of nitrogens with zero attached hydrogens (tertiary/aromatic N) is 2. The van der Waals surface area contributed by atoms with Gasteiger partial charge in [0.1, 0.15) is 18.2 Å². The lowest BCUT2D eigenvalue weighted by molar-refractivity contribution is 0.128. The van der Waals surface area contributed by atoms with E-state index in [1.807, 2.05) is 13.0 Å². The van der Waals surface area contributed by atoms with Crippen molar-refractivity contribution in [1.29, 1.82) is 0 Å². The molecule has 0 bridgehead atoms. The number of ether oxygens (including phenoxy) is 1. The molecule has 2 heterocycles. The van der Waals surface area contributed by atoms with Gasteiger partial charge in [0.05, 0.1) is 6.04 Å². The molecule has 0 spiro atoms. The largest absolute Gasteiger partial charge is 0.384 e. The summed E-state index contributed by atoms with van der Waals surface area (Å²) in [5.41, 5.74) is 5.78. The Kier molecular flexibility index (Phi) is 4.70. The van der Waals surface area contributed by atoms with E-state index in [4.69, 9.17) is 10.5 Å². The number of nitrogens with one attached hydrogen (secondary N) is 1. The molecule has 5 nitrogen and oxygen atoms in total. The summed E-state index contributed by atoms with van der Waals surface area (Å²) in [6.07, 6.45) is 0. The first-order valence-electron chi connectivity index (χ1n) is 6.20. The molecule has 6 heteroatoms. The Bertz CT molecular complexity index is 515. The molecule has 0 amide bonds. The van der Waals surface area contributed by atoms with Crippen LogP contribution < -0.4 is 11.1 Å². The molecule has 2 aromatic heterocycles. The third-order valence-corrected chi connectivity index (χ3v) is 3.62. The Morgan fingerprint density at radius 2 is 2.32 bits per heavy atom. The molecular formula is C13H18N4OS. The van der Waals surface area contributed by atoms with Gasteiger partial charge in [0.2, 0.25) is 0 Å². The predicted molar refractivity (Wildman–Crippen MR) is 78.1 cm³/mol. The van der Waals surface area contributed by atoms with Crippen molar-refractivity contribution >= 4 is 23.0 Å². The van der Waals surface area contributed by atoms with Crippen molar-refractivity contribution < 1.29 is 4.74 Å². The van der Waals surface area contributed by atoms with Crippen LogP contribution in [0.5, 0.6) is 0 Å². The van der Waals surface area contributed by atoms with Crippen LogP contribution in [0.15, 0.2) is 23.6 Å². The second kappa shape index (κ2) is 6.49. The number of nitrogen functional groups attached to an aromatic ring is 1. The van der Waals surface area contributed by atoms with Gasteiger partial charge in [-0.15, -0.1) is 11.3 Å². The first-order chi connectivity index (χ1) is 9.19. The van der Waals surface area contributed by atoms with Crippen LogP contribution in [-0.2, 0) is 11.3 Å². The maximum Gasteiger partial charge on any atom is 0.158 e. The predicted octanol–water partition coefficient (Wildman–Crippen LogP) is 2.83. The molecular weight excluding hydrogens is 260 g/mol. The second-order valence-electron chi connectivity index (χ2n) is 4.11. The van der Waals surface area contributed by atoms with E-state index in [1.54, 1.807) is 17.4 Å². The third kappa shape index (κ3) is 3.90. The van der Waals surface area contributed by atoms with Crippen molar-refractivity contribution in [2.45, 2.75) is 26.5 Å². The van der Waals surface area contributed by atoms with Crippen LogP contribution in [0, 0.1) is 0 Å². The number of hydrogen-bond acceptors (Lipinski definition) is 6. The fraction of sp³-hybridized carbons (Fsp3) is 0.385. The van der Waals surface area contributed by atoms with Gasteiger partial charge in [-0.2, -0.15) is 0 Å². The summed E-state index contributed by atoms with van der Waals surface area (Å²) in [6, 6.07) is 6.05. The summed E-state index contributed by atoms with van der Waals surface area (Å²) >= 11 is 1.71. The molecule has 0 saturated heterocycles. The zero-order valence-corrected chi connectivity index (χ0v) is 11.9. The highest BCUT2D eigenvalue weighted by atomic mass is 32.1. The van der Waals surface area contributed by atoms with Crippen molar-refractivity contribution in [1.82, 2.24) is 9.97 Å². The van der Waals surface area contributed by atoms with Crippen molar-refractivity contribution in [2.75, 3.05) is 17.7 Å². The molecule has 0 radical (unpaired) electrons. The van der Waals surface area contributed by atoms with Gasteiger partial charge in [-0.05, 0) is 25.3 Å². The summed E-state index contributed by atoms with van der Waals surface area (Å²) in [5, 5.41) is 5.38. The zero-order chi connectivity index (χ0) is 13.7. The molecule has 19 heavy (non-hydrogen) atoms. The van der Waals surface area contributed by atoms with Crippen LogP contribution in [0.1, 0.15) is 30.6 Å². The fourth-order valence-electron chi connectivity index (χ4n) is 1.68. The maximum absolute atomic E-state index is 5.78. The molecule has 0 fully saturated rings. The van der Waals surface area contributed by atoms with Crippen molar-refractivity contribution in [3.05, 3.63) is 34.3 Å². The molecule has 2 rings (SSSR count). The van der Waals surface area contributed by atoms with Gasteiger partial charge in [0, 0.05) is 17.6 Å². The van der Waals surface area contributed by atoms with E-state index in [0.717, 1.165) is 5.82 Å². The summed E-state index contributed by atoms with van der Waals surface area (Å²) < 4.78 is 5.30. The van der Waals surface area contributed by atoms with Crippen LogP contribution in [0.2, 0.25) is 0 Å². The molecule has 0 aromatic carbocycles. The minimum Gasteiger partial charge on any atom is -0.384 e. The van der Waals surface area contributed by atoms with Crippen LogP contribution in [0.4, 0.5) is 11.6 Å². The van der Waals surface area contributed by atoms with E-state index < -0.39 is 0 Å². The number of nitrogens with two attached hydrogens (primary N) is 1. The molecule has 0 aliphatic carbocycles. The minimum atomic E-state index is 0.189. The summed E-state index contributed by atoms with van der Waals surface area (Å²) in [6.45, 7) is 5.03. The average Bonchev–Trinajstić information content (AvgIpc) is 2.89. The fourth-order valence-corrected chi connectivity index (χ4v) is 2.41. The summed E-state index contributed by atoms with van der Waals surface area (Å²) in [4.78, 5) is 9.80. The van der Waals surface area contributed by atoms with E-state index in [9.17, 15) is 0 Å². The van der Waals surface area contributed by atoms with Gasteiger partial charge in [-0.1, -0.05) is 6.07 Å². The molecule has 0 aliphatic rings. The number of rotatable bonds is 6. The van der Waals surface area contributed by atoms with Gasteiger partial charge >= 0.3 is 0 Å². The quantitative estimate of drug-likeness (QED) is 0.850. The molecule has 102 valence electrons. The lowest BCUT2D eigenvalue weighted by Crippen LogP contribution is -2.10. The van der Waals surface area contributed by atoms with Crippen LogP contribution in [-0.4, -0.2) is 16.6 Å². The molecule has 2 aromatic rings. The Morgan fingerprint density at radius 3 is 3.00 bits per heavy atom. The lowest BCUT2D eigenvalue weighted by Gasteiger charge is -2.14. The Labute approximate surface area is 116 Å². The Balaban J connectivity index is 2.09. The second-order valence-corrected chi connectivity index (χ2v) is 5.09. The SMILES string of the molecule is CCOCc1nc(N)cc(NC(C)c2cccs2)n1. The highest BCUT2D eigenvalue weighted by Gasteiger charge is 2.09. The molecule has 0 aliphatic heterocycles. The topological polar surface area (TPSA) is 73.1 Å². The van der Waals surface area contributed by atoms with Gasteiger partial charge in [-0.25, -0.2) is 9.97 Å². The maximum atomic E-state index is 5.78. The first-order valence-corrected chi connectivity index (χ1v) is 7.08. The minimum absolute atomic E-state index is 0.189. The average molecular weight is 278 g/mol. The smallest absolute Gasteiger partial charge is 0.158 e. The van der Waals surface area contributed by atoms with Crippen LogP contribution in [0.25, 0.3) is 0 Å². The van der Waals surface area contributed by atoms with E-state index >= 15 is 0 Å². The monoisotopic (exact) mass is 278 g/mol. The van der Waals surface area contributed by atoms with Crippen molar-refractivity contribution in [2.24, 2.45) is 0 Å². The van der Waals surface area contributed by atoms with Gasteiger partial charge in [0.15, 0.2) is 5.82 Å². The zero-order valence-electron chi connectivity index (χ0n) is 11.1.